The summed E-state index contributed by atoms with van der Waals surface area (Å²) in [6.45, 7) is 1.54. The lowest BCUT2D eigenvalue weighted by molar-refractivity contribution is 0.192. The molecule has 0 N–H and O–H groups in total. The lowest BCUT2D eigenvalue weighted by Gasteiger charge is -1.99. The Bertz CT molecular complexity index is 518. The highest BCUT2D eigenvalue weighted by Crippen LogP contribution is 2.22. The van der Waals surface area contributed by atoms with Gasteiger partial charge in [-0.15, -0.1) is 0 Å². The number of hydrogen-bond donors (Lipinski definition) is 0. The molecule has 1 saturated heterocycles. The van der Waals surface area contributed by atoms with Crippen molar-refractivity contribution >= 4 is 0 Å². The van der Waals surface area contributed by atoms with Crippen LogP contribution in [0.2, 0.25) is 0 Å². The van der Waals surface area contributed by atoms with E-state index in [2.05, 4.69) is 40.5 Å². The minimum atomic E-state index is 0.330. The Kier molecular flexibility index (Phi) is 4.43. The number of rotatable bonds is 6. The molecule has 4 nitrogen and oxygen atoms in total. The Hall–Kier alpha value is -1.68. The van der Waals surface area contributed by atoms with Gasteiger partial charge in [-0.05, 0) is 31.2 Å². The van der Waals surface area contributed by atoms with Crippen molar-refractivity contribution in [1.29, 1.82) is 0 Å². The van der Waals surface area contributed by atoms with E-state index in [9.17, 15) is 0 Å². The third kappa shape index (κ3) is 3.45. The first-order valence-corrected chi connectivity index (χ1v) is 7.36. The van der Waals surface area contributed by atoms with Crippen LogP contribution in [0.4, 0.5) is 0 Å². The summed E-state index contributed by atoms with van der Waals surface area (Å²) in [5.74, 6) is 1.91. The first-order chi connectivity index (χ1) is 9.92. The van der Waals surface area contributed by atoms with E-state index in [0.717, 1.165) is 57.0 Å². The highest BCUT2D eigenvalue weighted by Gasteiger charge is 2.22. The minimum absolute atomic E-state index is 0.330. The Labute approximate surface area is 119 Å². The van der Waals surface area contributed by atoms with E-state index >= 15 is 0 Å². The maximum atomic E-state index is 5.35. The summed E-state index contributed by atoms with van der Waals surface area (Å²) in [5, 5.41) is 4.07. The van der Waals surface area contributed by atoms with Crippen LogP contribution < -0.4 is 0 Å². The molecule has 1 atom stereocenters. The largest absolute Gasteiger partial charge is 0.381 e. The normalized spacial score (nSPS) is 18.5. The fourth-order valence-electron chi connectivity index (χ4n) is 2.52. The predicted molar refractivity (Wildman–Crippen MR) is 75.6 cm³/mol. The van der Waals surface area contributed by atoms with Gasteiger partial charge in [0.05, 0.1) is 6.61 Å². The smallest absolute Gasteiger partial charge is 0.226 e. The molecule has 0 unspecified atom stereocenters. The zero-order valence-electron chi connectivity index (χ0n) is 11.6. The molecule has 106 valence electrons. The monoisotopic (exact) mass is 272 g/mol. The van der Waals surface area contributed by atoms with Crippen LogP contribution in [0.3, 0.4) is 0 Å². The van der Waals surface area contributed by atoms with Gasteiger partial charge in [0.15, 0.2) is 5.82 Å². The molecule has 0 saturated carbocycles. The lowest BCUT2D eigenvalue weighted by Crippen LogP contribution is -2.00. The van der Waals surface area contributed by atoms with Gasteiger partial charge < -0.3 is 9.26 Å². The van der Waals surface area contributed by atoms with Gasteiger partial charge in [-0.3, -0.25) is 0 Å². The van der Waals surface area contributed by atoms with Crippen molar-refractivity contribution in [2.24, 2.45) is 0 Å². The highest BCUT2D eigenvalue weighted by molar-refractivity contribution is 5.14. The standard InChI is InChI=1S/C16H20N2O2/c1-2-6-13(7-3-1)8-4-5-9-15-17-16(18-20-15)14-10-11-19-12-14/h1-3,6-7,14H,4-5,8-12H2/t14-/m1/s1. The second kappa shape index (κ2) is 6.66. The fourth-order valence-corrected chi connectivity index (χ4v) is 2.52. The van der Waals surface area contributed by atoms with Crippen LogP contribution in [0.5, 0.6) is 0 Å². The number of benzene rings is 1. The minimum Gasteiger partial charge on any atom is -0.381 e. The Balaban J connectivity index is 1.42. The molecule has 0 radical (unpaired) electrons. The number of ether oxygens (including phenoxy) is 1. The summed E-state index contributed by atoms with van der Waals surface area (Å²) in [5.41, 5.74) is 1.39. The second-order valence-corrected chi connectivity index (χ2v) is 5.30. The van der Waals surface area contributed by atoms with Gasteiger partial charge in [-0.25, -0.2) is 0 Å². The number of unbranched alkanes of at least 4 members (excludes halogenated alkanes) is 1. The van der Waals surface area contributed by atoms with E-state index in [4.69, 9.17) is 9.26 Å². The van der Waals surface area contributed by atoms with E-state index in [0.29, 0.717) is 5.92 Å². The molecular weight excluding hydrogens is 252 g/mol. The quantitative estimate of drug-likeness (QED) is 0.758. The SMILES string of the molecule is c1ccc(CCCCc2nc([C@@H]3CCOC3)no2)cc1. The van der Waals surface area contributed by atoms with Crippen LogP contribution in [0.25, 0.3) is 0 Å². The Morgan fingerprint density at radius 2 is 1.95 bits per heavy atom. The molecule has 1 aliphatic rings. The van der Waals surface area contributed by atoms with E-state index < -0.39 is 0 Å². The Morgan fingerprint density at radius 1 is 1.10 bits per heavy atom. The van der Waals surface area contributed by atoms with Gasteiger partial charge in [0, 0.05) is 18.9 Å². The third-order valence-electron chi connectivity index (χ3n) is 3.73. The van der Waals surface area contributed by atoms with E-state index in [1.165, 1.54) is 5.56 Å². The first kappa shape index (κ1) is 13.3. The molecule has 0 spiro atoms. The van der Waals surface area contributed by atoms with Gasteiger partial charge in [0.25, 0.3) is 0 Å². The van der Waals surface area contributed by atoms with Crippen molar-refractivity contribution in [2.75, 3.05) is 13.2 Å². The number of aryl methyl sites for hydroxylation is 2. The van der Waals surface area contributed by atoms with Crippen molar-refractivity contribution in [1.82, 2.24) is 10.1 Å². The van der Waals surface area contributed by atoms with Crippen molar-refractivity contribution < 1.29 is 9.26 Å². The van der Waals surface area contributed by atoms with Gasteiger partial charge in [0.2, 0.25) is 5.89 Å². The zero-order chi connectivity index (χ0) is 13.6. The van der Waals surface area contributed by atoms with Crippen molar-refractivity contribution in [3.63, 3.8) is 0 Å². The third-order valence-corrected chi connectivity index (χ3v) is 3.73. The average molecular weight is 272 g/mol. The van der Waals surface area contributed by atoms with Gasteiger partial charge in [0.1, 0.15) is 0 Å². The van der Waals surface area contributed by atoms with Crippen LogP contribution in [0.1, 0.15) is 42.5 Å². The zero-order valence-corrected chi connectivity index (χ0v) is 11.6. The molecule has 2 heterocycles. The second-order valence-electron chi connectivity index (χ2n) is 5.30. The molecule has 4 heteroatoms. The van der Waals surface area contributed by atoms with Crippen LogP contribution in [-0.2, 0) is 17.6 Å². The molecule has 1 aliphatic heterocycles. The molecule has 3 rings (SSSR count). The molecule has 20 heavy (non-hydrogen) atoms. The van der Waals surface area contributed by atoms with Crippen molar-refractivity contribution in [3.05, 3.63) is 47.6 Å². The molecule has 0 bridgehead atoms. The van der Waals surface area contributed by atoms with E-state index in [1.54, 1.807) is 0 Å². The fraction of sp³-hybridized carbons (Fsp3) is 0.500. The molecule has 1 aromatic heterocycles. The number of aromatic nitrogens is 2. The molecular formula is C16H20N2O2. The van der Waals surface area contributed by atoms with Gasteiger partial charge >= 0.3 is 0 Å². The summed E-state index contributed by atoms with van der Waals surface area (Å²) in [7, 11) is 0. The molecule has 0 aliphatic carbocycles. The van der Waals surface area contributed by atoms with Crippen molar-refractivity contribution in [3.8, 4) is 0 Å². The lowest BCUT2D eigenvalue weighted by atomic mass is 10.1. The van der Waals surface area contributed by atoms with Crippen LogP contribution in [0.15, 0.2) is 34.9 Å². The summed E-state index contributed by atoms with van der Waals surface area (Å²) in [6, 6.07) is 10.6. The van der Waals surface area contributed by atoms with Crippen LogP contribution in [-0.4, -0.2) is 23.4 Å². The molecule has 1 aromatic carbocycles. The predicted octanol–water partition coefficient (Wildman–Crippen LogP) is 3.14. The maximum absolute atomic E-state index is 5.35. The summed E-state index contributed by atoms with van der Waals surface area (Å²) in [6.07, 6.45) is 5.21. The molecule has 0 amide bonds. The summed E-state index contributed by atoms with van der Waals surface area (Å²) < 4.78 is 10.7. The number of hydrogen-bond acceptors (Lipinski definition) is 4. The molecule has 1 fully saturated rings. The maximum Gasteiger partial charge on any atom is 0.226 e. The summed E-state index contributed by atoms with van der Waals surface area (Å²) >= 11 is 0. The van der Waals surface area contributed by atoms with Gasteiger partial charge in [-0.1, -0.05) is 35.5 Å². The Morgan fingerprint density at radius 3 is 2.75 bits per heavy atom. The van der Waals surface area contributed by atoms with Crippen LogP contribution in [0, 0.1) is 0 Å². The van der Waals surface area contributed by atoms with Crippen molar-refractivity contribution in [2.45, 2.75) is 38.0 Å². The average Bonchev–Trinajstić information content (AvgIpc) is 3.15. The number of nitrogens with zero attached hydrogens (tertiary/aromatic N) is 2. The van der Waals surface area contributed by atoms with E-state index in [-0.39, 0.29) is 0 Å². The topological polar surface area (TPSA) is 48.2 Å². The highest BCUT2D eigenvalue weighted by atomic mass is 16.5. The first-order valence-electron chi connectivity index (χ1n) is 7.36. The summed E-state index contributed by atoms with van der Waals surface area (Å²) in [4.78, 5) is 4.48. The molecule has 2 aromatic rings. The van der Waals surface area contributed by atoms with E-state index in [1.807, 2.05) is 0 Å². The van der Waals surface area contributed by atoms with Gasteiger partial charge in [-0.2, -0.15) is 4.98 Å². The van der Waals surface area contributed by atoms with Crippen LogP contribution >= 0.6 is 0 Å².